The molecule has 1 atom stereocenters. The monoisotopic (exact) mass is 439 g/mol. The lowest BCUT2D eigenvalue weighted by Gasteiger charge is -2.45. The van der Waals surface area contributed by atoms with E-state index in [1.54, 1.807) is 6.20 Å². The lowest BCUT2D eigenvalue weighted by Crippen LogP contribution is -2.57. The summed E-state index contributed by atoms with van der Waals surface area (Å²) in [4.78, 5) is 33.7. The predicted octanol–water partition coefficient (Wildman–Crippen LogP) is 3.97. The summed E-state index contributed by atoms with van der Waals surface area (Å²) in [6.45, 7) is 4.03. The van der Waals surface area contributed by atoms with Gasteiger partial charge in [-0.3, -0.25) is 9.78 Å². The molecule has 1 aliphatic carbocycles. The minimum absolute atomic E-state index is 0.105. The summed E-state index contributed by atoms with van der Waals surface area (Å²) in [5.41, 5.74) is 0.963. The molecule has 9 heteroatoms. The highest BCUT2D eigenvalue weighted by Crippen LogP contribution is 2.52. The minimum Gasteiger partial charge on any atom is -0.437 e. The van der Waals surface area contributed by atoms with Crippen molar-refractivity contribution in [2.75, 3.05) is 19.6 Å². The molecule has 4 rings (SSSR count). The average molecular weight is 439 g/mol. The van der Waals surface area contributed by atoms with Crippen LogP contribution in [-0.2, 0) is 14.9 Å². The second-order valence-electron chi connectivity index (χ2n) is 9.09. The third-order valence-corrected chi connectivity index (χ3v) is 7.15. The van der Waals surface area contributed by atoms with Crippen molar-refractivity contribution in [2.45, 2.75) is 75.6 Å². The Balaban J connectivity index is 1.44. The van der Waals surface area contributed by atoms with Crippen molar-refractivity contribution < 1.29 is 27.5 Å². The number of piperidine rings is 1. The largest absolute Gasteiger partial charge is 0.437 e. The number of rotatable bonds is 3. The van der Waals surface area contributed by atoms with Crippen LogP contribution in [0, 0.1) is 6.92 Å². The first-order valence-corrected chi connectivity index (χ1v) is 10.9. The molecule has 1 saturated carbocycles. The molecule has 0 radical (unpaired) electrons. The molecule has 3 heterocycles. The van der Waals surface area contributed by atoms with Gasteiger partial charge in [0, 0.05) is 31.4 Å². The van der Waals surface area contributed by atoms with Crippen molar-refractivity contribution >= 4 is 12.0 Å². The molecule has 6 nitrogen and oxygen atoms in total. The van der Waals surface area contributed by atoms with Crippen LogP contribution in [0.4, 0.5) is 18.0 Å². The SMILES string of the molecule is Cc1cccnc1C1(C(=O)N2CCCC23CCN(C(=O)OC(C)C(F)(F)F)CC3)CC1. The zero-order valence-electron chi connectivity index (χ0n) is 17.9. The highest BCUT2D eigenvalue weighted by Gasteiger charge is 2.59. The van der Waals surface area contributed by atoms with Crippen LogP contribution in [0.2, 0.25) is 0 Å². The number of ether oxygens (including phenoxy) is 1. The molecule has 170 valence electrons. The molecular weight excluding hydrogens is 411 g/mol. The van der Waals surface area contributed by atoms with Gasteiger partial charge in [0.1, 0.15) is 0 Å². The third kappa shape index (κ3) is 3.87. The highest BCUT2D eigenvalue weighted by atomic mass is 19.4. The molecule has 0 aromatic carbocycles. The molecule has 31 heavy (non-hydrogen) atoms. The van der Waals surface area contributed by atoms with Crippen LogP contribution >= 0.6 is 0 Å². The standard InChI is InChI=1S/C22H28F3N3O3/c1-15-5-3-11-26-17(15)21(7-8-21)18(29)28-12-4-6-20(28)9-13-27(14-10-20)19(30)31-16(2)22(23,24)25/h3,5,11,16H,4,6-10,12-14H2,1-2H3. The summed E-state index contributed by atoms with van der Waals surface area (Å²) in [7, 11) is 0. The summed E-state index contributed by atoms with van der Waals surface area (Å²) in [5.74, 6) is 0.105. The number of likely N-dealkylation sites (tertiary alicyclic amines) is 2. The predicted molar refractivity (Wildman–Crippen MR) is 106 cm³/mol. The number of hydrogen-bond donors (Lipinski definition) is 0. The van der Waals surface area contributed by atoms with Gasteiger partial charge in [-0.1, -0.05) is 6.07 Å². The third-order valence-electron chi connectivity index (χ3n) is 7.15. The first-order chi connectivity index (χ1) is 14.6. The summed E-state index contributed by atoms with van der Waals surface area (Å²) < 4.78 is 42.7. The van der Waals surface area contributed by atoms with E-state index in [1.165, 1.54) is 4.90 Å². The summed E-state index contributed by atoms with van der Waals surface area (Å²) in [5, 5.41) is 0. The quantitative estimate of drug-likeness (QED) is 0.715. The van der Waals surface area contributed by atoms with Crippen LogP contribution < -0.4 is 0 Å². The normalized spacial score (nSPS) is 23.0. The Hall–Kier alpha value is -2.32. The van der Waals surface area contributed by atoms with Gasteiger partial charge in [-0.05, 0) is 64.0 Å². The van der Waals surface area contributed by atoms with Crippen molar-refractivity contribution in [2.24, 2.45) is 0 Å². The van der Waals surface area contributed by atoms with Crippen molar-refractivity contribution in [3.05, 3.63) is 29.6 Å². The molecule has 1 aromatic rings. The Kier molecular flexibility index (Phi) is 5.42. The Bertz CT molecular complexity index is 861. The van der Waals surface area contributed by atoms with E-state index < -0.39 is 23.8 Å². The van der Waals surface area contributed by atoms with E-state index in [2.05, 4.69) is 9.72 Å². The van der Waals surface area contributed by atoms with Gasteiger partial charge in [-0.25, -0.2) is 4.79 Å². The number of aromatic nitrogens is 1. The van der Waals surface area contributed by atoms with Crippen LogP contribution in [0.25, 0.3) is 0 Å². The molecule has 2 saturated heterocycles. The second-order valence-corrected chi connectivity index (χ2v) is 9.09. The molecule has 2 amide bonds. The Morgan fingerprint density at radius 2 is 1.81 bits per heavy atom. The fourth-order valence-electron chi connectivity index (χ4n) is 5.10. The van der Waals surface area contributed by atoms with E-state index in [0.29, 0.717) is 19.4 Å². The topological polar surface area (TPSA) is 62.7 Å². The summed E-state index contributed by atoms with van der Waals surface area (Å²) >= 11 is 0. The Morgan fingerprint density at radius 3 is 2.39 bits per heavy atom. The van der Waals surface area contributed by atoms with Crippen molar-refractivity contribution in [3.63, 3.8) is 0 Å². The highest BCUT2D eigenvalue weighted by molar-refractivity contribution is 5.92. The summed E-state index contributed by atoms with van der Waals surface area (Å²) in [6.07, 6.45) is -1.55. The lowest BCUT2D eigenvalue weighted by atomic mass is 9.83. The molecule has 0 bridgehead atoms. The van der Waals surface area contributed by atoms with Gasteiger partial charge in [0.25, 0.3) is 0 Å². The van der Waals surface area contributed by atoms with Gasteiger partial charge in [0.15, 0.2) is 6.10 Å². The number of carbonyl (C=O) groups excluding carboxylic acids is 2. The van der Waals surface area contributed by atoms with E-state index in [4.69, 9.17) is 0 Å². The fourth-order valence-corrected chi connectivity index (χ4v) is 5.10. The molecular formula is C22H28F3N3O3. The van der Waals surface area contributed by atoms with Gasteiger partial charge in [0.05, 0.1) is 11.1 Å². The number of nitrogens with zero attached hydrogens (tertiary/aromatic N) is 3. The van der Waals surface area contributed by atoms with Crippen LogP contribution in [0.3, 0.4) is 0 Å². The number of aryl methyl sites for hydroxylation is 1. The van der Waals surface area contributed by atoms with Gasteiger partial charge in [-0.2, -0.15) is 13.2 Å². The van der Waals surface area contributed by atoms with Crippen molar-refractivity contribution in [1.82, 2.24) is 14.8 Å². The van der Waals surface area contributed by atoms with Crippen molar-refractivity contribution in [1.29, 1.82) is 0 Å². The van der Waals surface area contributed by atoms with E-state index in [-0.39, 0.29) is 24.5 Å². The van der Waals surface area contributed by atoms with Gasteiger partial charge in [-0.15, -0.1) is 0 Å². The molecule has 1 spiro atoms. The maximum absolute atomic E-state index is 13.7. The molecule has 2 aliphatic heterocycles. The number of halogens is 3. The Morgan fingerprint density at radius 1 is 1.13 bits per heavy atom. The smallest absolute Gasteiger partial charge is 0.425 e. The first-order valence-electron chi connectivity index (χ1n) is 10.9. The number of amides is 2. The molecule has 3 aliphatic rings. The summed E-state index contributed by atoms with van der Waals surface area (Å²) in [6, 6.07) is 3.84. The zero-order valence-corrected chi connectivity index (χ0v) is 17.9. The van der Waals surface area contributed by atoms with Crippen LogP contribution in [-0.4, -0.2) is 64.2 Å². The van der Waals surface area contributed by atoms with Crippen LogP contribution in [0.15, 0.2) is 18.3 Å². The molecule has 1 unspecified atom stereocenters. The molecule has 3 fully saturated rings. The van der Waals surface area contributed by atoms with Crippen LogP contribution in [0.5, 0.6) is 0 Å². The average Bonchev–Trinajstić information content (AvgIpc) is 3.43. The number of carbonyl (C=O) groups is 2. The van der Waals surface area contributed by atoms with Crippen molar-refractivity contribution in [3.8, 4) is 0 Å². The minimum atomic E-state index is -4.58. The maximum Gasteiger partial charge on any atom is 0.425 e. The van der Waals surface area contributed by atoms with E-state index in [1.807, 2.05) is 24.0 Å². The van der Waals surface area contributed by atoms with Gasteiger partial charge < -0.3 is 14.5 Å². The number of hydrogen-bond acceptors (Lipinski definition) is 4. The molecule has 0 N–H and O–H groups in total. The van der Waals surface area contributed by atoms with Crippen LogP contribution in [0.1, 0.15) is 56.7 Å². The number of alkyl halides is 3. The Labute approximate surface area is 179 Å². The first kappa shape index (κ1) is 21.9. The van der Waals surface area contributed by atoms with E-state index >= 15 is 0 Å². The zero-order chi connectivity index (χ0) is 22.4. The fraction of sp³-hybridized carbons (Fsp3) is 0.682. The van der Waals surface area contributed by atoms with Gasteiger partial charge >= 0.3 is 12.3 Å². The number of pyridine rings is 1. The lowest BCUT2D eigenvalue weighted by molar-refractivity contribution is -0.200. The van der Waals surface area contributed by atoms with E-state index in [0.717, 1.165) is 43.9 Å². The second kappa shape index (κ2) is 7.67. The van der Waals surface area contributed by atoms with E-state index in [9.17, 15) is 22.8 Å². The van der Waals surface area contributed by atoms with Gasteiger partial charge in [0.2, 0.25) is 5.91 Å². The molecule has 1 aromatic heterocycles. The maximum atomic E-state index is 13.7.